The number of rotatable bonds is 5. The summed E-state index contributed by atoms with van der Waals surface area (Å²) in [4.78, 5) is 14.3. The number of anilines is 2. The van der Waals surface area contributed by atoms with Gasteiger partial charge in [-0.15, -0.1) is 0 Å². The summed E-state index contributed by atoms with van der Waals surface area (Å²) in [6.07, 6.45) is 4.87. The molecule has 1 aliphatic carbocycles. The monoisotopic (exact) mass is 318 g/mol. The van der Waals surface area contributed by atoms with E-state index in [0.29, 0.717) is 6.04 Å². The fourth-order valence-corrected chi connectivity index (χ4v) is 3.29. The fraction of sp³-hybridized carbons (Fsp3) is 0.611. The number of carbonyl (C=O) groups excluding carboxylic acids is 1. The van der Waals surface area contributed by atoms with Gasteiger partial charge in [-0.2, -0.15) is 0 Å². The van der Waals surface area contributed by atoms with Gasteiger partial charge in [0.05, 0.1) is 19.3 Å². The standard InChI is InChI=1S/C18H26N2O3/c1-14-12-22-11-10-20(14)16-8-6-15(7-9-16)19-18(21)13-23-17-4-2-3-5-17/h6-9,14,17H,2-5,10-13H2,1H3,(H,19,21). The Kier molecular flexibility index (Phi) is 5.51. The van der Waals surface area contributed by atoms with Crippen molar-refractivity contribution in [2.75, 3.05) is 36.6 Å². The van der Waals surface area contributed by atoms with Gasteiger partial charge in [0, 0.05) is 24.0 Å². The van der Waals surface area contributed by atoms with Gasteiger partial charge in [-0.25, -0.2) is 0 Å². The number of carbonyl (C=O) groups is 1. The maximum Gasteiger partial charge on any atom is 0.250 e. The Morgan fingerprint density at radius 1 is 1.30 bits per heavy atom. The van der Waals surface area contributed by atoms with Gasteiger partial charge in [-0.1, -0.05) is 12.8 Å². The molecule has 0 spiro atoms. The van der Waals surface area contributed by atoms with Gasteiger partial charge in [-0.3, -0.25) is 4.79 Å². The average Bonchev–Trinajstić information content (AvgIpc) is 3.08. The molecule has 5 nitrogen and oxygen atoms in total. The molecule has 1 unspecified atom stereocenters. The third kappa shape index (κ3) is 4.45. The molecule has 5 heteroatoms. The summed E-state index contributed by atoms with van der Waals surface area (Å²) in [6, 6.07) is 8.38. The molecule has 3 rings (SSSR count). The average molecular weight is 318 g/mol. The molecule has 1 N–H and O–H groups in total. The molecular formula is C18H26N2O3. The first-order valence-electron chi connectivity index (χ1n) is 8.58. The maximum absolute atomic E-state index is 11.9. The molecule has 1 aromatic rings. The molecule has 1 amide bonds. The summed E-state index contributed by atoms with van der Waals surface area (Å²) < 4.78 is 11.1. The Balaban J connectivity index is 1.49. The van der Waals surface area contributed by atoms with Crippen LogP contribution < -0.4 is 10.2 Å². The SMILES string of the molecule is CC1COCCN1c1ccc(NC(=O)COC2CCCC2)cc1. The number of amides is 1. The smallest absolute Gasteiger partial charge is 0.250 e. The predicted molar refractivity (Wildman–Crippen MR) is 90.9 cm³/mol. The molecule has 2 aliphatic rings. The first kappa shape index (κ1) is 16.3. The van der Waals surface area contributed by atoms with Gasteiger partial charge in [0.2, 0.25) is 5.91 Å². The van der Waals surface area contributed by atoms with E-state index >= 15 is 0 Å². The lowest BCUT2D eigenvalue weighted by atomic mass is 10.2. The Hall–Kier alpha value is -1.59. The third-order valence-corrected chi connectivity index (χ3v) is 4.60. The summed E-state index contributed by atoms with van der Waals surface area (Å²) in [6.45, 7) is 4.74. The number of benzene rings is 1. The van der Waals surface area contributed by atoms with Crippen LogP contribution >= 0.6 is 0 Å². The quantitative estimate of drug-likeness (QED) is 0.907. The van der Waals surface area contributed by atoms with E-state index in [9.17, 15) is 4.79 Å². The van der Waals surface area contributed by atoms with E-state index < -0.39 is 0 Å². The highest BCUT2D eigenvalue weighted by Gasteiger charge is 2.19. The van der Waals surface area contributed by atoms with Crippen LogP contribution in [0.25, 0.3) is 0 Å². The molecular weight excluding hydrogens is 292 g/mol. The predicted octanol–water partition coefficient (Wildman–Crippen LogP) is 2.81. The van der Waals surface area contributed by atoms with Crippen LogP contribution in [0.4, 0.5) is 11.4 Å². The highest BCUT2D eigenvalue weighted by atomic mass is 16.5. The lowest BCUT2D eigenvalue weighted by Crippen LogP contribution is -2.43. The molecule has 1 aromatic carbocycles. The van der Waals surface area contributed by atoms with E-state index in [1.807, 2.05) is 12.1 Å². The first-order valence-corrected chi connectivity index (χ1v) is 8.58. The molecule has 1 saturated carbocycles. The lowest BCUT2D eigenvalue weighted by Gasteiger charge is -2.35. The third-order valence-electron chi connectivity index (χ3n) is 4.60. The lowest BCUT2D eigenvalue weighted by molar-refractivity contribution is -0.122. The number of hydrogen-bond acceptors (Lipinski definition) is 4. The largest absolute Gasteiger partial charge is 0.377 e. The van der Waals surface area contributed by atoms with Crippen LogP contribution in [0, 0.1) is 0 Å². The van der Waals surface area contributed by atoms with Crippen molar-refractivity contribution >= 4 is 17.3 Å². The van der Waals surface area contributed by atoms with Crippen molar-refractivity contribution in [2.45, 2.75) is 44.8 Å². The zero-order valence-corrected chi connectivity index (χ0v) is 13.8. The van der Waals surface area contributed by atoms with E-state index in [2.05, 4.69) is 29.3 Å². The highest BCUT2D eigenvalue weighted by Crippen LogP contribution is 2.22. The molecule has 1 atom stereocenters. The topological polar surface area (TPSA) is 50.8 Å². The number of nitrogens with zero attached hydrogens (tertiary/aromatic N) is 1. The Morgan fingerprint density at radius 3 is 2.74 bits per heavy atom. The molecule has 1 heterocycles. The van der Waals surface area contributed by atoms with Crippen LogP contribution in [-0.4, -0.2) is 44.4 Å². The molecule has 1 aliphatic heterocycles. The number of nitrogens with one attached hydrogen (secondary N) is 1. The van der Waals surface area contributed by atoms with Crippen molar-refractivity contribution in [3.05, 3.63) is 24.3 Å². The molecule has 0 radical (unpaired) electrons. The molecule has 0 aromatic heterocycles. The van der Waals surface area contributed by atoms with Gasteiger partial charge >= 0.3 is 0 Å². The van der Waals surface area contributed by atoms with Crippen molar-refractivity contribution in [2.24, 2.45) is 0 Å². The van der Waals surface area contributed by atoms with Gasteiger partial charge in [0.15, 0.2) is 0 Å². The van der Waals surface area contributed by atoms with Crippen LogP contribution in [0.3, 0.4) is 0 Å². The van der Waals surface area contributed by atoms with Crippen LogP contribution in [0.2, 0.25) is 0 Å². The summed E-state index contributed by atoms with van der Waals surface area (Å²) in [5, 5.41) is 2.90. The first-order chi connectivity index (χ1) is 11.2. The second kappa shape index (κ2) is 7.79. The zero-order chi connectivity index (χ0) is 16.1. The second-order valence-corrected chi connectivity index (χ2v) is 6.43. The fourth-order valence-electron chi connectivity index (χ4n) is 3.29. The minimum atomic E-state index is -0.0793. The number of ether oxygens (including phenoxy) is 2. The summed E-state index contributed by atoms with van der Waals surface area (Å²) in [7, 11) is 0. The van der Waals surface area contributed by atoms with Gasteiger partial charge < -0.3 is 19.7 Å². The van der Waals surface area contributed by atoms with Crippen LogP contribution in [0.15, 0.2) is 24.3 Å². The van der Waals surface area contributed by atoms with Crippen molar-refractivity contribution in [1.29, 1.82) is 0 Å². The second-order valence-electron chi connectivity index (χ2n) is 6.43. The summed E-state index contributed by atoms with van der Waals surface area (Å²) in [5.74, 6) is -0.0793. The van der Waals surface area contributed by atoms with E-state index in [1.54, 1.807) is 0 Å². The number of morpholine rings is 1. The van der Waals surface area contributed by atoms with E-state index in [0.717, 1.165) is 38.3 Å². The van der Waals surface area contributed by atoms with Gasteiger partial charge in [-0.05, 0) is 44.0 Å². The van der Waals surface area contributed by atoms with E-state index in [-0.39, 0.29) is 18.6 Å². The van der Waals surface area contributed by atoms with Gasteiger partial charge in [0.25, 0.3) is 0 Å². The Bertz CT molecular complexity index is 512. The van der Waals surface area contributed by atoms with Crippen LogP contribution in [0.5, 0.6) is 0 Å². The Morgan fingerprint density at radius 2 is 2.04 bits per heavy atom. The molecule has 1 saturated heterocycles. The molecule has 0 bridgehead atoms. The number of hydrogen-bond donors (Lipinski definition) is 1. The van der Waals surface area contributed by atoms with Crippen molar-refractivity contribution < 1.29 is 14.3 Å². The van der Waals surface area contributed by atoms with Crippen molar-refractivity contribution in [1.82, 2.24) is 0 Å². The van der Waals surface area contributed by atoms with Gasteiger partial charge in [0.1, 0.15) is 6.61 Å². The minimum absolute atomic E-state index is 0.0793. The molecule has 2 fully saturated rings. The highest BCUT2D eigenvalue weighted by molar-refractivity contribution is 5.91. The van der Waals surface area contributed by atoms with Crippen LogP contribution in [0.1, 0.15) is 32.6 Å². The maximum atomic E-state index is 11.9. The summed E-state index contributed by atoms with van der Waals surface area (Å²) in [5.41, 5.74) is 1.98. The minimum Gasteiger partial charge on any atom is -0.377 e. The molecule has 23 heavy (non-hydrogen) atoms. The van der Waals surface area contributed by atoms with E-state index in [4.69, 9.17) is 9.47 Å². The Labute approximate surface area is 137 Å². The van der Waals surface area contributed by atoms with Crippen molar-refractivity contribution in [3.8, 4) is 0 Å². The summed E-state index contributed by atoms with van der Waals surface area (Å²) >= 11 is 0. The van der Waals surface area contributed by atoms with E-state index in [1.165, 1.54) is 18.5 Å². The normalized spacial score (nSPS) is 22.3. The van der Waals surface area contributed by atoms with Crippen molar-refractivity contribution in [3.63, 3.8) is 0 Å². The zero-order valence-electron chi connectivity index (χ0n) is 13.8. The van der Waals surface area contributed by atoms with Crippen LogP contribution in [-0.2, 0) is 14.3 Å². The molecule has 126 valence electrons.